The minimum absolute atomic E-state index is 0.111. The first-order chi connectivity index (χ1) is 8.80. The predicted molar refractivity (Wildman–Crippen MR) is 68.8 cm³/mol. The summed E-state index contributed by atoms with van der Waals surface area (Å²) < 4.78 is 0. The van der Waals surface area contributed by atoms with Crippen molar-refractivity contribution in [3.8, 4) is 0 Å². The van der Waals surface area contributed by atoms with Crippen molar-refractivity contribution in [2.24, 2.45) is 5.41 Å². The Hall–Kier alpha value is -1.42. The zero-order chi connectivity index (χ0) is 12.4. The summed E-state index contributed by atoms with van der Waals surface area (Å²) >= 11 is 0. The fourth-order valence-electron chi connectivity index (χ4n) is 3.12. The average molecular weight is 245 g/mol. The maximum atomic E-state index is 12.6. The number of hydrogen-bond acceptors (Lipinski definition) is 3. The predicted octanol–water partition coefficient (Wildman–Crippen LogP) is 1.18. The Kier molecular flexibility index (Phi) is 3.04. The van der Waals surface area contributed by atoms with Crippen molar-refractivity contribution < 1.29 is 4.79 Å². The van der Waals surface area contributed by atoms with Gasteiger partial charge in [0.25, 0.3) is 0 Å². The molecule has 2 saturated heterocycles. The van der Waals surface area contributed by atoms with Gasteiger partial charge in [-0.3, -0.25) is 9.78 Å². The van der Waals surface area contributed by atoms with Crippen LogP contribution >= 0.6 is 0 Å². The lowest BCUT2D eigenvalue weighted by Crippen LogP contribution is -2.45. The molecule has 3 rings (SSSR count). The van der Waals surface area contributed by atoms with Crippen LogP contribution in [0.5, 0.6) is 0 Å². The van der Waals surface area contributed by atoms with Crippen LogP contribution in [-0.4, -0.2) is 35.4 Å². The van der Waals surface area contributed by atoms with Crippen molar-refractivity contribution in [3.63, 3.8) is 0 Å². The Bertz CT molecular complexity index is 426. The van der Waals surface area contributed by atoms with Gasteiger partial charge in [0.1, 0.15) is 0 Å². The molecular formula is C14H19N3O. The van der Waals surface area contributed by atoms with Gasteiger partial charge >= 0.3 is 0 Å². The summed E-state index contributed by atoms with van der Waals surface area (Å²) in [5.41, 5.74) is 1.01. The molecule has 0 saturated carbocycles. The number of piperidine rings is 1. The van der Waals surface area contributed by atoms with Gasteiger partial charge in [-0.15, -0.1) is 0 Å². The van der Waals surface area contributed by atoms with E-state index >= 15 is 0 Å². The van der Waals surface area contributed by atoms with Crippen molar-refractivity contribution in [2.45, 2.75) is 25.8 Å². The van der Waals surface area contributed by atoms with Gasteiger partial charge < -0.3 is 10.2 Å². The van der Waals surface area contributed by atoms with Gasteiger partial charge in [0.05, 0.1) is 5.41 Å². The largest absolute Gasteiger partial charge is 0.338 e. The highest BCUT2D eigenvalue weighted by atomic mass is 16.2. The third-order valence-corrected chi connectivity index (χ3v) is 4.17. The van der Waals surface area contributed by atoms with Gasteiger partial charge in [-0.2, -0.15) is 0 Å². The van der Waals surface area contributed by atoms with E-state index in [2.05, 4.69) is 10.3 Å². The van der Waals surface area contributed by atoms with Crippen LogP contribution in [0.3, 0.4) is 0 Å². The molecule has 1 N–H and O–H groups in total. The molecule has 0 bridgehead atoms. The second-order valence-electron chi connectivity index (χ2n) is 5.40. The van der Waals surface area contributed by atoms with Crippen molar-refractivity contribution in [2.75, 3.05) is 19.6 Å². The Labute approximate surface area is 107 Å². The molecule has 4 heteroatoms. The molecule has 2 aliphatic heterocycles. The first kappa shape index (κ1) is 11.7. The molecule has 1 spiro atoms. The minimum atomic E-state index is -0.111. The van der Waals surface area contributed by atoms with Crippen LogP contribution in [0.25, 0.3) is 0 Å². The zero-order valence-corrected chi connectivity index (χ0v) is 10.6. The topological polar surface area (TPSA) is 45.2 Å². The van der Waals surface area contributed by atoms with E-state index in [1.165, 1.54) is 0 Å². The van der Waals surface area contributed by atoms with E-state index in [9.17, 15) is 4.79 Å². The van der Waals surface area contributed by atoms with E-state index in [0.717, 1.165) is 44.5 Å². The number of nitrogens with zero attached hydrogens (tertiary/aromatic N) is 2. The van der Waals surface area contributed by atoms with Crippen LogP contribution in [0.15, 0.2) is 24.5 Å². The number of pyridine rings is 1. The number of rotatable bonds is 2. The standard InChI is InChI=1S/C14H19N3O/c18-13-14(4-2-7-16-11-14)5-8-17(13)10-12-3-1-6-15-9-12/h1,3,6,9,16H,2,4-5,7-8,10-11H2/t14-/m0/s1. The molecular weight excluding hydrogens is 226 g/mol. The quantitative estimate of drug-likeness (QED) is 0.851. The fraction of sp³-hybridized carbons (Fsp3) is 0.571. The molecule has 3 heterocycles. The third-order valence-electron chi connectivity index (χ3n) is 4.17. The molecule has 1 amide bonds. The Morgan fingerprint density at radius 3 is 3.11 bits per heavy atom. The second kappa shape index (κ2) is 4.69. The molecule has 1 aromatic rings. The number of amides is 1. The van der Waals surface area contributed by atoms with Gasteiger partial charge in [-0.1, -0.05) is 6.07 Å². The molecule has 0 aromatic carbocycles. The van der Waals surface area contributed by atoms with Gasteiger partial charge in [-0.25, -0.2) is 0 Å². The molecule has 4 nitrogen and oxygen atoms in total. The lowest BCUT2D eigenvalue weighted by molar-refractivity contribution is -0.137. The summed E-state index contributed by atoms with van der Waals surface area (Å²) in [5.74, 6) is 0.332. The summed E-state index contributed by atoms with van der Waals surface area (Å²) in [5, 5.41) is 3.37. The zero-order valence-electron chi connectivity index (χ0n) is 10.6. The summed E-state index contributed by atoms with van der Waals surface area (Å²) in [6, 6.07) is 3.96. The van der Waals surface area contributed by atoms with Gasteiger partial charge in [-0.05, 0) is 37.4 Å². The normalized spacial score (nSPS) is 28.0. The lowest BCUT2D eigenvalue weighted by atomic mass is 9.79. The van der Waals surface area contributed by atoms with Crippen LogP contribution in [0.2, 0.25) is 0 Å². The van der Waals surface area contributed by atoms with Crippen molar-refractivity contribution in [3.05, 3.63) is 30.1 Å². The summed E-state index contributed by atoms with van der Waals surface area (Å²) in [6.07, 6.45) is 6.77. The van der Waals surface area contributed by atoms with Crippen LogP contribution in [-0.2, 0) is 11.3 Å². The van der Waals surface area contributed by atoms with Gasteiger partial charge in [0.2, 0.25) is 5.91 Å². The smallest absolute Gasteiger partial charge is 0.230 e. The number of aromatic nitrogens is 1. The van der Waals surface area contributed by atoms with E-state index in [-0.39, 0.29) is 5.41 Å². The highest BCUT2D eigenvalue weighted by Crippen LogP contribution is 2.38. The fourth-order valence-corrected chi connectivity index (χ4v) is 3.12. The monoisotopic (exact) mass is 245 g/mol. The molecule has 0 unspecified atom stereocenters. The van der Waals surface area contributed by atoms with Gasteiger partial charge in [0, 0.05) is 32.0 Å². The Morgan fingerprint density at radius 2 is 2.39 bits per heavy atom. The van der Waals surface area contributed by atoms with Crippen LogP contribution in [0.1, 0.15) is 24.8 Å². The maximum Gasteiger partial charge on any atom is 0.230 e. The molecule has 1 atom stereocenters. The average Bonchev–Trinajstić information content (AvgIpc) is 2.71. The van der Waals surface area contributed by atoms with E-state index in [0.29, 0.717) is 12.5 Å². The number of nitrogens with one attached hydrogen (secondary N) is 1. The Balaban J connectivity index is 1.71. The maximum absolute atomic E-state index is 12.6. The van der Waals surface area contributed by atoms with Crippen LogP contribution in [0, 0.1) is 5.41 Å². The van der Waals surface area contributed by atoms with E-state index < -0.39 is 0 Å². The molecule has 0 aliphatic carbocycles. The van der Waals surface area contributed by atoms with Crippen molar-refractivity contribution in [1.29, 1.82) is 0 Å². The van der Waals surface area contributed by atoms with Crippen molar-refractivity contribution in [1.82, 2.24) is 15.2 Å². The molecule has 18 heavy (non-hydrogen) atoms. The second-order valence-corrected chi connectivity index (χ2v) is 5.40. The van der Waals surface area contributed by atoms with Crippen LogP contribution in [0.4, 0.5) is 0 Å². The number of likely N-dealkylation sites (tertiary alicyclic amines) is 1. The number of carbonyl (C=O) groups is 1. The lowest BCUT2D eigenvalue weighted by Gasteiger charge is -2.32. The van der Waals surface area contributed by atoms with E-state index in [4.69, 9.17) is 0 Å². The van der Waals surface area contributed by atoms with E-state index in [1.807, 2.05) is 23.2 Å². The van der Waals surface area contributed by atoms with Crippen molar-refractivity contribution >= 4 is 5.91 Å². The SMILES string of the molecule is O=C1N(Cc2cccnc2)CC[C@]12CCCNC2. The first-order valence-electron chi connectivity index (χ1n) is 6.69. The molecule has 2 aliphatic rings. The molecule has 96 valence electrons. The molecule has 2 fully saturated rings. The highest BCUT2D eigenvalue weighted by Gasteiger charge is 2.46. The van der Waals surface area contributed by atoms with Gasteiger partial charge in [0.15, 0.2) is 0 Å². The van der Waals surface area contributed by atoms with E-state index in [1.54, 1.807) is 6.20 Å². The first-order valence-corrected chi connectivity index (χ1v) is 6.69. The van der Waals surface area contributed by atoms with Crippen LogP contribution < -0.4 is 5.32 Å². The Morgan fingerprint density at radius 1 is 1.44 bits per heavy atom. The summed E-state index contributed by atoms with van der Waals surface area (Å²) in [6.45, 7) is 3.50. The summed E-state index contributed by atoms with van der Waals surface area (Å²) in [4.78, 5) is 18.6. The molecule has 0 radical (unpaired) electrons. The minimum Gasteiger partial charge on any atom is -0.338 e. The number of hydrogen-bond donors (Lipinski definition) is 1. The third kappa shape index (κ3) is 2.01. The summed E-state index contributed by atoms with van der Waals surface area (Å²) in [7, 11) is 0. The molecule has 1 aromatic heterocycles. The highest BCUT2D eigenvalue weighted by molar-refractivity contribution is 5.85. The number of carbonyl (C=O) groups excluding carboxylic acids is 1.